The molecule has 0 bridgehead atoms. The third kappa shape index (κ3) is 4.48. The highest BCUT2D eigenvalue weighted by atomic mass is 15.1. The normalized spacial score (nSPS) is 20.6. The maximum atomic E-state index is 4.50. The number of aromatic nitrogens is 1. The highest BCUT2D eigenvalue weighted by Crippen LogP contribution is 2.22. The zero-order valence-electron chi connectivity index (χ0n) is 13.1. The van der Waals surface area contributed by atoms with Crippen molar-refractivity contribution in [1.29, 1.82) is 0 Å². The van der Waals surface area contributed by atoms with Gasteiger partial charge in [0.25, 0.3) is 0 Å². The third-order valence-corrected chi connectivity index (χ3v) is 4.35. The van der Waals surface area contributed by atoms with Crippen molar-refractivity contribution < 1.29 is 0 Å². The molecule has 0 amide bonds. The van der Waals surface area contributed by atoms with Crippen LogP contribution in [0.1, 0.15) is 51.5 Å². The van der Waals surface area contributed by atoms with Gasteiger partial charge in [0, 0.05) is 24.8 Å². The van der Waals surface area contributed by atoms with Gasteiger partial charge in [0.15, 0.2) is 0 Å². The Morgan fingerprint density at radius 3 is 3.00 bits per heavy atom. The molecule has 1 aromatic heterocycles. The first-order valence-corrected chi connectivity index (χ1v) is 8.23. The fourth-order valence-corrected chi connectivity index (χ4v) is 3.00. The lowest BCUT2D eigenvalue weighted by atomic mass is 9.98. The molecular formula is C17H29N3. The lowest BCUT2D eigenvalue weighted by Crippen LogP contribution is -2.25. The Labute approximate surface area is 123 Å². The molecule has 1 aliphatic rings. The van der Waals surface area contributed by atoms with Gasteiger partial charge in [-0.2, -0.15) is 0 Å². The Morgan fingerprint density at radius 2 is 2.20 bits per heavy atom. The number of hydrogen-bond donors (Lipinski definition) is 1. The quantitative estimate of drug-likeness (QED) is 0.853. The monoisotopic (exact) mass is 275 g/mol. The van der Waals surface area contributed by atoms with E-state index in [1.54, 1.807) is 0 Å². The molecule has 0 spiro atoms. The number of nitrogens with zero attached hydrogens (tertiary/aromatic N) is 2. The summed E-state index contributed by atoms with van der Waals surface area (Å²) in [5.41, 5.74) is 1.34. The van der Waals surface area contributed by atoms with Crippen LogP contribution in [0, 0.1) is 5.92 Å². The van der Waals surface area contributed by atoms with Gasteiger partial charge in [0.1, 0.15) is 5.82 Å². The van der Waals surface area contributed by atoms with Crippen LogP contribution >= 0.6 is 0 Å². The van der Waals surface area contributed by atoms with Crippen molar-refractivity contribution >= 4 is 5.82 Å². The van der Waals surface area contributed by atoms with Gasteiger partial charge >= 0.3 is 0 Å². The van der Waals surface area contributed by atoms with Crippen LogP contribution in [-0.2, 0) is 6.54 Å². The predicted octanol–water partition coefficient (Wildman–Crippen LogP) is 3.92. The number of rotatable bonds is 6. The van der Waals surface area contributed by atoms with Crippen LogP contribution in [0.5, 0.6) is 0 Å². The van der Waals surface area contributed by atoms with Gasteiger partial charge in [-0.05, 0) is 50.8 Å². The summed E-state index contributed by atoms with van der Waals surface area (Å²) in [6.45, 7) is 9.03. The van der Waals surface area contributed by atoms with Crippen molar-refractivity contribution in [2.24, 2.45) is 5.92 Å². The van der Waals surface area contributed by atoms with Gasteiger partial charge in [-0.25, -0.2) is 4.98 Å². The van der Waals surface area contributed by atoms with Gasteiger partial charge in [0.05, 0.1) is 0 Å². The van der Waals surface area contributed by atoms with E-state index in [0.717, 1.165) is 31.2 Å². The second-order valence-corrected chi connectivity index (χ2v) is 5.92. The molecule has 1 aliphatic heterocycles. The standard InChI is InChI=1S/C17H29N3/c1-3-10-18-17-16(8-5-11-19-17)14-20-12-6-7-15(4-2)9-13-20/h5,8,11,15H,3-4,6-7,9-10,12-14H2,1-2H3,(H,18,19). The van der Waals surface area contributed by atoms with Crippen molar-refractivity contribution in [3.8, 4) is 0 Å². The van der Waals surface area contributed by atoms with Crippen molar-refractivity contribution in [2.75, 3.05) is 25.0 Å². The molecular weight excluding hydrogens is 246 g/mol. The molecule has 1 unspecified atom stereocenters. The minimum atomic E-state index is 0.937. The summed E-state index contributed by atoms with van der Waals surface area (Å²) in [6.07, 6.45) is 8.46. The molecule has 0 aromatic carbocycles. The summed E-state index contributed by atoms with van der Waals surface area (Å²) >= 11 is 0. The van der Waals surface area contributed by atoms with Gasteiger partial charge < -0.3 is 5.32 Å². The average molecular weight is 275 g/mol. The fraction of sp³-hybridized carbons (Fsp3) is 0.706. The van der Waals surface area contributed by atoms with E-state index < -0.39 is 0 Å². The molecule has 112 valence electrons. The Morgan fingerprint density at radius 1 is 1.30 bits per heavy atom. The number of hydrogen-bond acceptors (Lipinski definition) is 3. The van der Waals surface area contributed by atoms with Crippen molar-refractivity contribution in [3.63, 3.8) is 0 Å². The Hall–Kier alpha value is -1.09. The van der Waals surface area contributed by atoms with Crippen molar-refractivity contribution in [2.45, 2.75) is 52.5 Å². The van der Waals surface area contributed by atoms with Gasteiger partial charge in [-0.15, -0.1) is 0 Å². The summed E-state index contributed by atoms with van der Waals surface area (Å²) in [5.74, 6) is 2.01. The lowest BCUT2D eigenvalue weighted by molar-refractivity contribution is 0.272. The molecule has 2 rings (SSSR count). The molecule has 3 heteroatoms. The van der Waals surface area contributed by atoms with Gasteiger partial charge in [-0.3, -0.25) is 4.90 Å². The van der Waals surface area contributed by atoms with Crippen LogP contribution in [-0.4, -0.2) is 29.5 Å². The van der Waals surface area contributed by atoms with Crippen LogP contribution < -0.4 is 5.32 Å². The third-order valence-electron chi connectivity index (χ3n) is 4.35. The fourth-order valence-electron chi connectivity index (χ4n) is 3.00. The molecule has 1 N–H and O–H groups in total. The molecule has 3 nitrogen and oxygen atoms in total. The molecule has 0 aliphatic carbocycles. The van der Waals surface area contributed by atoms with Crippen LogP contribution in [0.4, 0.5) is 5.82 Å². The summed E-state index contributed by atoms with van der Waals surface area (Å²) in [4.78, 5) is 7.10. The number of nitrogens with one attached hydrogen (secondary N) is 1. The van der Waals surface area contributed by atoms with E-state index in [0.29, 0.717) is 0 Å². The molecule has 1 fully saturated rings. The molecule has 20 heavy (non-hydrogen) atoms. The Balaban J connectivity index is 1.95. The van der Waals surface area contributed by atoms with E-state index in [1.807, 2.05) is 6.20 Å². The average Bonchev–Trinajstić information content (AvgIpc) is 2.71. The zero-order valence-corrected chi connectivity index (χ0v) is 13.1. The number of likely N-dealkylation sites (tertiary alicyclic amines) is 1. The summed E-state index contributed by atoms with van der Waals surface area (Å²) in [5, 5.41) is 3.45. The van der Waals surface area contributed by atoms with Gasteiger partial charge in [-0.1, -0.05) is 26.3 Å². The van der Waals surface area contributed by atoms with E-state index in [-0.39, 0.29) is 0 Å². The highest BCUT2D eigenvalue weighted by Gasteiger charge is 2.16. The molecule has 1 aromatic rings. The summed E-state index contributed by atoms with van der Waals surface area (Å²) in [7, 11) is 0. The lowest BCUT2D eigenvalue weighted by Gasteiger charge is -2.21. The van der Waals surface area contributed by atoms with Crippen LogP contribution in [0.2, 0.25) is 0 Å². The zero-order chi connectivity index (χ0) is 14.2. The van der Waals surface area contributed by atoms with Crippen molar-refractivity contribution in [3.05, 3.63) is 23.9 Å². The van der Waals surface area contributed by atoms with Crippen LogP contribution in [0.15, 0.2) is 18.3 Å². The predicted molar refractivity (Wildman–Crippen MR) is 85.9 cm³/mol. The Kier molecular flexibility index (Phi) is 6.31. The maximum Gasteiger partial charge on any atom is 0.130 e. The second-order valence-electron chi connectivity index (χ2n) is 5.92. The van der Waals surface area contributed by atoms with E-state index in [4.69, 9.17) is 0 Å². The molecule has 1 saturated heterocycles. The minimum absolute atomic E-state index is 0.937. The highest BCUT2D eigenvalue weighted by molar-refractivity contribution is 5.43. The molecule has 0 radical (unpaired) electrons. The summed E-state index contributed by atoms with van der Waals surface area (Å²) < 4.78 is 0. The van der Waals surface area contributed by atoms with Crippen LogP contribution in [0.3, 0.4) is 0 Å². The topological polar surface area (TPSA) is 28.2 Å². The van der Waals surface area contributed by atoms with Crippen LogP contribution in [0.25, 0.3) is 0 Å². The van der Waals surface area contributed by atoms with E-state index in [9.17, 15) is 0 Å². The molecule has 0 saturated carbocycles. The van der Waals surface area contributed by atoms with E-state index in [1.165, 1.54) is 44.3 Å². The number of pyridine rings is 1. The van der Waals surface area contributed by atoms with Crippen molar-refractivity contribution in [1.82, 2.24) is 9.88 Å². The first-order chi connectivity index (χ1) is 9.83. The van der Waals surface area contributed by atoms with E-state index in [2.05, 4.69) is 41.2 Å². The van der Waals surface area contributed by atoms with Gasteiger partial charge in [0.2, 0.25) is 0 Å². The SMILES string of the molecule is CCCNc1ncccc1CN1CCCC(CC)CC1. The minimum Gasteiger partial charge on any atom is -0.370 e. The molecule has 2 heterocycles. The first kappa shape index (κ1) is 15.3. The largest absolute Gasteiger partial charge is 0.370 e. The first-order valence-electron chi connectivity index (χ1n) is 8.23. The second kappa shape index (κ2) is 8.25. The van der Waals surface area contributed by atoms with E-state index >= 15 is 0 Å². The maximum absolute atomic E-state index is 4.50. The number of anilines is 1. The smallest absolute Gasteiger partial charge is 0.130 e. The Bertz CT molecular complexity index is 392. The molecule has 1 atom stereocenters. The summed E-state index contributed by atoms with van der Waals surface area (Å²) in [6, 6.07) is 4.27.